The van der Waals surface area contributed by atoms with Crippen LogP contribution in [-0.2, 0) is 11.3 Å². The number of aromatic nitrogens is 5. The molecule has 1 saturated heterocycles. The fourth-order valence-electron chi connectivity index (χ4n) is 2.18. The molecule has 0 bridgehead atoms. The van der Waals surface area contributed by atoms with Gasteiger partial charge in [-0.25, -0.2) is 9.67 Å². The zero-order chi connectivity index (χ0) is 14.7. The van der Waals surface area contributed by atoms with Gasteiger partial charge in [-0.05, 0) is 53.6 Å². The Morgan fingerprint density at radius 1 is 1.57 bits per heavy atom. The predicted octanol–water partition coefficient (Wildman–Crippen LogP) is 1.58. The van der Waals surface area contributed by atoms with E-state index in [4.69, 9.17) is 10.00 Å². The molecule has 2 aromatic heterocycles. The zero-order valence-electron chi connectivity index (χ0n) is 11.6. The van der Waals surface area contributed by atoms with Crippen molar-refractivity contribution in [3.05, 3.63) is 23.4 Å². The van der Waals surface area contributed by atoms with Gasteiger partial charge in [-0.3, -0.25) is 0 Å². The molecule has 2 aromatic rings. The second-order valence-corrected chi connectivity index (χ2v) is 5.79. The van der Waals surface area contributed by atoms with Gasteiger partial charge in [0.15, 0.2) is 0 Å². The van der Waals surface area contributed by atoms with Crippen LogP contribution in [0.3, 0.4) is 0 Å². The summed E-state index contributed by atoms with van der Waals surface area (Å²) >= 11 is 1.40. The highest BCUT2D eigenvalue weighted by Crippen LogP contribution is 2.27. The van der Waals surface area contributed by atoms with Crippen LogP contribution in [0, 0.1) is 18.3 Å². The summed E-state index contributed by atoms with van der Waals surface area (Å²) in [5, 5.41) is 22.1. The van der Waals surface area contributed by atoms with Gasteiger partial charge in [-0.1, -0.05) is 0 Å². The molecule has 0 aliphatic carbocycles. The molecule has 108 valence electrons. The number of pyridine rings is 1. The Morgan fingerprint density at radius 2 is 2.48 bits per heavy atom. The summed E-state index contributed by atoms with van der Waals surface area (Å²) in [6.07, 6.45) is 3.87. The summed E-state index contributed by atoms with van der Waals surface area (Å²) in [5.41, 5.74) is 1.49. The highest BCUT2D eigenvalue weighted by molar-refractivity contribution is 7.99. The Balaban J connectivity index is 1.76. The normalized spacial score (nSPS) is 17.8. The maximum atomic E-state index is 8.87. The molecule has 0 N–H and O–H groups in total. The molecular weight excluding hydrogens is 288 g/mol. The third-order valence-corrected chi connectivity index (χ3v) is 4.34. The van der Waals surface area contributed by atoms with Gasteiger partial charge in [-0.15, -0.1) is 5.10 Å². The van der Waals surface area contributed by atoms with Crippen molar-refractivity contribution in [3.63, 3.8) is 0 Å². The Labute approximate surface area is 126 Å². The van der Waals surface area contributed by atoms with Crippen molar-refractivity contribution in [3.8, 4) is 6.07 Å². The molecule has 1 aliphatic heterocycles. The van der Waals surface area contributed by atoms with Gasteiger partial charge >= 0.3 is 0 Å². The van der Waals surface area contributed by atoms with E-state index in [1.165, 1.54) is 11.8 Å². The van der Waals surface area contributed by atoms with Crippen LogP contribution in [-0.4, -0.2) is 37.9 Å². The summed E-state index contributed by atoms with van der Waals surface area (Å²) in [4.78, 5) is 4.30. The van der Waals surface area contributed by atoms with Crippen LogP contribution < -0.4 is 0 Å². The molecule has 8 heteroatoms. The highest BCUT2D eigenvalue weighted by Gasteiger charge is 2.19. The SMILES string of the molecule is Cc1cc(C#N)cnc1Sc1nnnn1CC1CCCO1. The third kappa shape index (κ3) is 3.20. The van der Waals surface area contributed by atoms with Crippen molar-refractivity contribution in [1.29, 1.82) is 5.26 Å². The first-order valence-electron chi connectivity index (χ1n) is 6.68. The molecule has 3 rings (SSSR count). The van der Waals surface area contributed by atoms with Gasteiger partial charge in [0, 0.05) is 12.8 Å². The highest BCUT2D eigenvalue weighted by atomic mass is 32.2. The molecular formula is C13H14N6OS. The molecule has 21 heavy (non-hydrogen) atoms. The zero-order valence-corrected chi connectivity index (χ0v) is 12.4. The number of ether oxygens (including phenoxy) is 1. The summed E-state index contributed by atoms with van der Waals surface area (Å²) < 4.78 is 7.36. The molecule has 0 aromatic carbocycles. The van der Waals surface area contributed by atoms with E-state index in [-0.39, 0.29) is 6.10 Å². The van der Waals surface area contributed by atoms with Crippen LogP contribution in [0.25, 0.3) is 0 Å². The third-order valence-electron chi connectivity index (χ3n) is 3.25. The van der Waals surface area contributed by atoms with E-state index in [2.05, 4.69) is 26.6 Å². The lowest BCUT2D eigenvalue weighted by Gasteiger charge is -2.10. The topological polar surface area (TPSA) is 89.5 Å². The Kier molecular flexibility index (Phi) is 4.13. The fourth-order valence-corrected chi connectivity index (χ4v) is 2.97. The fraction of sp³-hybridized carbons (Fsp3) is 0.462. The molecule has 0 spiro atoms. The average Bonchev–Trinajstić information content (AvgIpc) is 3.14. The second-order valence-electron chi connectivity index (χ2n) is 4.84. The van der Waals surface area contributed by atoms with Crippen LogP contribution >= 0.6 is 11.8 Å². The van der Waals surface area contributed by atoms with Crippen molar-refractivity contribution >= 4 is 11.8 Å². The minimum absolute atomic E-state index is 0.183. The van der Waals surface area contributed by atoms with Crippen molar-refractivity contribution < 1.29 is 4.74 Å². The molecule has 0 amide bonds. The van der Waals surface area contributed by atoms with Gasteiger partial charge in [0.25, 0.3) is 0 Å². The minimum Gasteiger partial charge on any atom is -0.376 e. The number of nitrogens with zero attached hydrogens (tertiary/aromatic N) is 6. The van der Waals surface area contributed by atoms with Gasteiger partial charge in [0.1, 0.15) is 11.1 Å². The summed E-state index contributed by atoms with van der Waals surface area (Å²) in [6, 6.07) is 3.89. The van der Waals surface area contributed by atoms with Crippen LogP contribution in [0.15, 0.2) is 22.4 Å². The minimum atomic E-state index is 0.183. The first kappa shape index (κ1) is 14.0. The summed E-state index contributed by atoms with van der Waals surface area (Å²) in [7, 11) is 0. The number of tetrazole rings is 1. The van der Waals surface area contributed by atoms with Crippen LogP contribution in [0.1, 0.15) is 24.0 Å². The smallest absolute Gasteiger partial charge is 0.215 e. The number of hydrogen-bond acceptors (Lipinski definition) is 7. The van der Waals surface area contributed by atoms with Crippen molar-refractivity contribution in [2.24, 2.45) is 0 Å². The monoisotopic (exact) mass is 302 g/mol. The van der Waals surface area contributed by atoms with Crippen molar-refractivity contribution in [2.45, 2.75) is 42.6 Å². The molecule has 1 unspecified atom stereocenters. The maximum Gasteiger partial charge on any atom is 0.215 e. The lowest BCUT2D eigenvalue weighted by molar-refractivity contribution is 0.0912. The first-order chi connectivity index (χ1) is 10.3. The summed E-state index contributed by atoms with van der Waals surface area (Å²) in [6.45, 7) is 3.39. The van der Waals surface area contributed by atoms with Gasteiger partial charge in [-0.2, -0.15) is 5.26 Å². The average molecular weight is 302 g/mol. The molecule has 0 saturated carbocycles. The largest absolute Gasteiger partial charge is 0.376 e. The number of nitriles is 1. The van der Waals surface area contributed by atoms with E-state index in [1.54, 1.807) is 10.9 Å². The van der Waals surface area contributed by atoms with Crippen LogP contribution in [0.2, 0.25) is 0 Å². The Bertz CT molecular complexity index is 674. The molecule has 1 fully saturated rings. The van der Waals surface area contributed by atoms with Crippen molar-refractivity contribution in [1.82, 2.24) is 25.2 Å². The number of hydrogen-bond donors (Lipinski definition) is 0. The number of aryl methyl sites for hydroxylation is 1. The van der Waals surface area contributed by atoms with Crippen LogP contribution in [0.5, 0.6) is 0 Å². The Hall–Kier alpha value is -1.98. The quantitative estimate of drug-likeness (QED) is 0.847. The van der Waals surface area contributed by atoms with E-state index < -0.39 is 0 Å². The maximum absolute atomic E-state index is 8.87. The molecule has 0 radical (unpaired) electrons. The van der Waals surface area contributed by atoms with Gasteiger partial charge < -0.3 is 4.74 Å². The molecule has 3 heterocycles. The standard InChI is InChI=1S/C13H14N6OS/c1-9-5-10(6-14)7-15-12(9)21-13-16-17-18-19(13)8-11-3-2-4-20-11/h5,7,11H,2-4,8H2,1H3. The molecule has 1 aliphatic rings. The van der Waals surface area contributed by atoms with E-state index >= 15 is 0 Å². The lowest BCUT2D eigenvalue weighted by atomic mass is 10.2. The lowest BCUT2D eigenvalue weighted by Crippen LogP contribution is -2.16. The van der Waals surface area contributed by atoms with Gasteiger partial charge in [0.2, 0.25) is 5.16 Å². The van der Waals surface area contributed by atoms with Crippen molar-refractivity contribution in [2.75, 3.05) is 6.61 Å². The number of rotatable bonds is 4. The predicted molar refractivity (Wildman–Crippen MR) is 74.6 cm³/mol. The van der Waals surface area contributed by atoms with E-state index in [1.807, 2.05) is 13.0 Å². The first-order valence-corrected chi connectivity index (χ1v) is 7.50. The van der Waals surface area contributed by atoms with E-state index in [9.17, 15) is 0 Å². The van der Waals surface area contributed by atoms with E-state index in [0.717, 1.165) is 30.0 Å². The van der Waals surface area contributed by atoms with E-state index in [0.29, 0.717) is 17.3 Å². The summed E-state index contributed by atoms with van der Waals surface area (Å²) in [5.74, 6) is 0. The Morgan fingerprint density at radius 3 is 3.19 bits per heavy atom. The van der Waals surface area contributed by atoms with Gasteiger partial charge in [0.05, 0.1) is 18.2 Å². The van der Waals surface area contributed by atoms with Crippen LogP contribution in [0.4, 0.5) is 0 Å². The second kappa shape index (κ2) is 6.20. The molecule has 7 nitrogen and oxygen atoms in total. The molecule has 1 atom stereocenters.